The van der Waals surface area contributed by atoms with Crippen LogP contribution >= 0.6 is 15.9 Å². The maximum absolute atomic E-state index is 14.0. The molecule has 0 saturated heterocycles. The van der Waals surface area contributed by atoms with Crippen LogP contribution in [0.25, 0.3) is 11.5 Å². The van der Waals surface area contributed by atoms with E-state index in [2.05, 4.69) is 25.7 Å². The van der Waals surface area contributed by atoms with Crippen LogP contribution < -0.4 is 5.73 Å². The average Bonchev–Trinajstić information content (AvgIpc) is 3.55. The van der Waals surface area contributed by atoms with E-state index in [1.807, 2.05) is 60.7 Å². The molecule has 0 aliphatic carbocycles. The Kier molecular flexibility index (Phi) is 15.9. The highest BCUT2D eigenvalue weighted by Gasteiger charge is 2.25. The van der Waals surface area contributed by atoms with Crippen molar-refractivity contribution in [2.75, 3.05) is 13.2 Å². The van der Waals surface area contributed by atoms with Crippen molar-refractivity contribution in [2.24, 2.45) is 5.73 Å². The SMILES string of the molecule is CCOC(=O)C(=O)C(Br)Cc1ccccc1.CCOC(=O)c1nc(-c2cc(F)ccc2F)oc1Cc1ccccc1.NC(=O)c1cc(F)ccc1F. The number of alkyl halides is 1. The molecule has 272 valence electrons. The van der Waals surface area contributed by atoms with E-state index in [1.165, 1.54) is 0 Å². The molecule has 1 heterocycles. The molecule has 0 aliphatic heterocycles. The van der Waals surface area contributed by atoms with Gasteiger partial charge in [-0.25, -0.2) is 32.1 Å². The summed E-state index contributed by atoms with van der Waals surface area (Å²) in [6, 6.07) is 24.3. The van der Waals surface area contributed by atoms with Crippen LogP contribution in [0.4, 0.5) is 17.6 Å². The third-order valence-electron chi connectivity index (χ3n) is 6.75. The molecule has 0 spiro atoms. The fraction of sp³-hybridized carbons (Fsp3) is 0.184. The minimum Gasteiger partial charge on any atom is -0.461 e. The molecule has 1 aromatic heterocycles. The Labute approximate surface area is 304 Å². The number of primary amides is 1. The third kappa shape index (κ3) is 12.3. The molecular weight excluding hydrogens is 752 g/mol. The van der Waals surface area contributed by atoms with Crippen molar-refractivity contribution in [2.45, 2.75) is 31.5 Å². The van der Waals surface area contributed by atoms with E-state index < -0.39 is 57.3 Å². The van der Waals surface area contributed by atoms with Crippen molar-refractivity contribution in [1.29, 1.82) is 0 Å². The lowest BCUT2D eigenvalue weighted by Crippen LogP contribution is -2.27. The number of amides is 1. The Morgan fingerprint density at radius 1 is 0.769 bits per heavy atom. The molecule has 5 rings (SSSR count). The second kappa shape index (κ2) is 20.3. The van der Waals surface area contributed by atoms with Crippen molar-refractivity contribution >= 4 is 39.6 Å². The molecule has 9 nitrogen and oxygen atoms in total. The molecular formula is C38H33BrF4N2O7. The number of hydrogen-bond donors (Lipinski definition) is 1. The van der Waals surface area contributed by atoms with E-state index >= 15 is 0 Å². The van der Waals surface area contributed by atoms with Gasteiger partial charge in [0.05, 0.1) is 29.2 Å². The van der Waals surface area contributed by atoms with Gasteiger partial charge in [-0.1, -0.05) is 76.6 Å². The summed E-state index contributed by atoms with van der Waals surface area (Å²) in [6.07, 6.45) is 0.761. The van der Waals surface area contributed by atoms with Crippen LogP contribution in [-0.4, -0.2) is 46.7 Å². The van der Waals surface area contributed by atoms with Crippen LogP contribution in [0.3, 0.4) is 0 Å². The highest BCUT2D eigenvalue weighted by molar-refractivity contribution is 9.10. The van der Waals surface area contributed by atoms with Crippen LogP contribution in [0, 0.1) is 23.3 Å². The lowest BCUT2D eigenvalue weighted by atomic mass is 10.1. The Morgan fingerprint density at radius 2 is 1.33 bits per heavy atom. The summed E-state index contributed by atoms with van der Waals surface area (Å²) < 4.78 is 67.5. The van der Waals surface area contributed by atoms with Crippen molar-refractivity contribution in [3.8, 4) is 11.5 Å². The molecule has 0 aliphatic rings. The van der Waals surface area contributed by atoms with Gasteiger partial charge >= 0.3 is 11.9 Å². The molecule has 14 heteroatoms. The van der Waals surface area contributed by atoms with E-state index in [0.29, 0.717) is 6.42 Å². The van der Waals surface area contributed by atoms with Crippen molar-refractivity contribution in [3.63, 3.8) is 0 Å². The molecule has 0 radical (unpaired) electrons. The predicted octanol–water partition coefficient (Wildman–Crippen LogP) is 7.58. The van der Waals surface area contributed by atoms with E-state index in [4.69, 9.17) is 14.9 Å². The molecule has 1 atom stereocenters. The number of nitrogens with zero attached hydrogens (tertiary/aromatic N) is 1. The van der Waals surface area contributed by atoms with Gasteiger partial charge in [0, 0.05) is 6.42 Å². The highest BCUT2D eigenvalue weighted by atomic mass is 79.9. The van der Waals surface area contributed by atoms with Crippen LogP contribution in [0.1, 0.15) is 51.6 Å². The molecule has 0 fully saturated rings. The topological polar surface area (TPSA) is 139 Å². The van der Waals surface area contributed by atoms with E-state index in [1.54, 1.807) is 13.8 Å². The molecule has 0 saturated carbocycles. The first kappa shape index (κ1) is 40.8. The summed E-state index contributed by atoms with van der Waals surface area (Å²) >= 11 is 3.20. The van der Waals surface area contributed by atoms with Gasteiger partial charge in [0.15, 0.2) is 5.69 Å². The van der Waals surface area contributed by atoms with Gasteiger partial charge in [-0.3, -0.25) is 9.59 Å². The number of carbonyl (C=O) groups is 4. The number of Topliss-reactive ketones (excluding diaryl/α,β-unsaturated/α-hetero) is 1. The number of aromatic nitrogens is 1. The monoisotopic (exact) mass is 784 g/mol. The fourth-order valence-corrected chi connectivity index (χ4v) is 4.88. The zero-order valence-corrected chi connectivity index (χ0v) is 29.5. The lowest BCUT2D eigenvalue weighted by Gasteiger charge is -2.07. The predicted molar refractivity (Wildman–Crippen MR) is 186 cm³/mol. The van der Waals surface area contributed by atoms with E-state index in [0.717, 1.165) is 47.5 Å². The number of rotatable bonds is 11. The van der Waals surface area contributed by atoms with Gasteiger partial charge in [-0.2, -0.15) is 0 Å². The number of ether oxygens (including phenoxy) is 2. The minimum absolute atomic E-state index is 0.0376. The molecule has 4 aromatic carbocycles. The van der Waals surface area contributed by atoms with Gasteiger partial charge in [-0.05, 0) is 67.8 Å². The van der Waals surface area contributed by atoms with Crippen LogP contribution in [0.5, 0.6) is 0 Å². The standard InChI is InChI=1S/C19H15F2NO3.C12H13BrO3.C7H5F2NO/c1-2-24-19(23)17-16(10-12-6-4-3-5-7-12)25-18(22-17)14-11-13(20)8-9-15(14)21;1-2-16-12(15)11(14)10(13)8-9-6-4-3-5-7-9;8-4-1-2-6(9)5(3-4)7(10)11/h3-9,11H,2,10H2,1H3;3-7,10H,2,8H2,1H3;1-3H,(H2,10,11). The Hall–Kier alpha value is -5.63. The maximum atomic E-state index is 14.0. The third-order valence-corrected chi connectivity index (χ3v) is 7.48. The summed E-state index contributed by atoms with van der Waals surface area (Å²) in [7, 11) is 0. The molecule has 5 aromatic rings. The Balaban J connectivity index is 0.000000231. The van der Waals surface area contributed by atoms with Gasteiger partial charge in [0.1, 0.15) is 29.0 Å². The average molecular weight is 786 g/mol. The summed E-state index contributed by atoms with van der Waals surface area (Å²) in [5.41, 5.74) is 6.01. The lowest BCUT2D eigenvalue weighted by molar-refractivity contribution is -0.153. The first-order valence-electron chi connectivity index (χ1n) is 15.6. The molecule has 2 N–H and O–H groups in total. The fourth-order valence-electron chi connectivity index (χ4n) is 4.32. The zero-order valence-electron chi connectivity index (χ0n) is 27.9. The summed E-state index contributed by atoms with van der Waals surface area (Å²) in [6.45, 7) is 3.73. The number of ketones is 1. The van der Waals surface area contributed by atoms with Crippen molar-refractivity contribution < 1.29 is 50.6 Å². The van der Waals surface area contributed by atoms with Crippen molar-refractivity contribution in [3.05, 3.63) is 148 Å². The summed E-state index contributed by atoms with van der Waals surface area (Å²) in [5, 5.41) is 0. The minimum atomic E-state index is -0.970. The summed E-state index contributed by atoms with van der Waals surface area (Å²) in [5.74, 6) is -5.68. The largest absolute Gasteiger partial charge is 0.461 e. The Morgan fingerprint density at radius 3 is 1.88 bits per heavy atom. The number of esters is 2. The first-order valence-corrected chi connectivity index (χ1v) is 16.6. The molecule has 1 unspecified atom stereocenters. The number of carbonyl (C=O) groups excluding carboxylic acids is 4. The maximum Gasteiger partial charge on any atom is 0.375 e. The molecule has 52 heavy (non-hydrogen) atoms. The van der Waals surface area contributed by atoms with Gasteiger partial charge < -0.3 is 19.6 Å². The number of nitrogens with two attached hydrogens (primary N) is 1. The molecule has 1 amide bonds. The number of halogens is 5. The number of hydrogen-bond acceptors (Lipinski definition) is 8. The van der Waals surface area contributed by atoms with E-state index in [9.17, 15) is 36.7 Å². The Bertz CT molecular complexity index is 1980. The number of benzene rings is 4. The van der Waals surface area contributed by atoms with Gasteiger partial charge in [0.2, 0.25) is 5.89 Å². The second-order valence-electron chi connectivity index (χ2n) is 10.5. The quantitative estimate of drug-likeness (QED) is 0.0627. The van der Waals surface area contributed by atoms with Crippen LogP contribution in [-0.2, 0) is 31.9 Å². The van der Waals surface area contributed by atoms with Crippen LogP contribution in [0.2, 0.25) is 0 Å². The van der Waals surface area contributed by atoms with Gasteiger partial charge in [-0.15, -0.1) is 0 Å². The van der Waals surface area contributed by atoms with Crippen molar-refractivity contribution in [1.82, 2.24) is 4.98 Å². The van der Waals surface area contributed by atoms with E-state index in [-0.39, 0.29) is 42.5 Å². The normalized spacial score (nSPS) is 10.8. The number of oxazole rings is 1. The van der Waals surface area contributed by atoms with Crippen LogP contribution in [0.15, 0.2) is 101 Å². The second-order valence-corrected chi connectivity index (χ2v) is 11.6. The van der Waals surface area contributed by atoms with Gasteiger partial charge in [0.25, 0.3) is 11.7 Å². The zero-order chi connectivity index (χ0) is 38.2. The summed E-state index contributed by atoms with van der Waals surface area (Å²) in [4.78, 5) is 48.7. The molecule has 0 bridgehead atoms. The smallest absolute Gasteiger partial charge is 0.375 e. The first-order chi connectivity index (χ1) is 24.8. The highest BCUT2D eigenvalue weighted by Crippen LogP contribution is 2.27.